The first-order valence-electron chi connectivity index (χ1n) is 13.5. The van der Waals surface area contributed by atoms with Crippen LogP contribution in [0.15, 0.2) is 103 Å². The van der Waals surface area contributed by atoms with Crippen molar-refractivity contribution in [1.82, 2.24) is 14.9 Å². The Morgan fingerprint density at radius 3 is 1.98 bits per heavy atom. The molecular formula is C34H32N4OS. The van der Waals surface area contributed by atoms with Gasteiger partial charge in [0.15, 0.2) is 5.11 Å². The Hall–Kier alpha value is -4.42. The number of nitrogens with zero attached hydrogens (tertiary/aromatic N) is 3. The largest absolute Gasteiger partial charge is 0.457 e. The van der Waals surface area contributed by atoms with E-state index in [2.05, 4.69) is 91.0 Å². The van der Waals surface area contributed by atoms with Gasteiger partial charge in [-0.15, -0.1) is 0 Å². The summed E-state index contributed by atoms with van der Waals surface area (Å²) in [5, 5.41) is 4.26. The van der Waals surface area contributed by atoms with E-state index in [0.717, 1.165) is 28.6 Å². The maximum atomic E-state index is 6.09. The summed E-state index contributed by atoms with van der Waals surface area (Å²) in [5.74, 6) is 1.59. The molecule has 200 valence electrons. The molecular weight excluding hydrogens is 512 g/mol. The Bertz CT molecular complexity index is 1640. The number of thiocarbonyl (C=S) groups is 1. The molecule has 1 aliphatic heterocycles. The number of nitrogens with one attached hydrogen (secondary N) is 1. The van der Waals surface area contributed by atoms with Gasteiger partial charge in [0.05, 0.1) is 17.8 Å². The number of hydrogen-bond acceptors (Lipinski definition) is 3. The fourth-order valence-electron chi connectivity index (χ4n) is 5.54. The van der Waals surface area contributed by atoms with Crippen LogP contribution in [0.3, 0.4) is 0 Å². The molecule has 0 unspecified atom stereocenters. The average Bonchev–Trinajstić information content (AvgIpc) is 3.46. The van der Waals surface area contributed by atoms with Crippen LogP contribution in [0, 0.1) is 27.7 Å². The molecule has 5 aromatic rings. The second-order valence-corrected chi connectivity index (χ2v) is 10.8. The molecule has 1 saturated heterocycles. The van der Waals surface area contributed by atoms with E-state index in [1.54, 1.807) is 0 Å². The highest BCUT2D eigenvalue weighted by Crippen LogP contribution is 2.44. The lowest BCUT2D eigenvalue weighted by atomic mass is 9.96. The molecule has 1 fully saturated rings. The zero-order valence-corrected chi connectivity index (χ0v) is 23.9. The molecule has 0 saturated carbocycles. The van der Waals surface area contributed by atoms with Crippen molar-refractivity contribution in [2.75, 3.05) is 4.90 Å². The predicted octanol–water partition coefficient (Wildman–Crippen LogP) is 8.08. The number of ether oxygens (including phenoxy) is 1. The van der Waals surface area contributed by atoms with E-state index >= 15 is 0 Å². The van der Waals surface area contributed by atoms with Crippen LogP contribution in [-0.4, -0.2) is 14.7 Å². The minimum Gasteiger partial charge on any atom is -0.457 e. The van der Waals surface area contributed by atoms with Crippen LogP contribution in [0.4, 0.5) is 5.69 Å². The van der Waals surface area contributed by atoms with E-state index in [1.165, 1.54) is 28.1 Å². The fraction of sp³-hybridized carbons (Fsp3) is 0.176. The van der Waals surface area contributed by atoms with Gasteiger partial charge in [-0.3, -0.25) is 4.98 Å². The van der Waals surface area contributed by atoms with Crippen LogP contribution in [0.25, 0.3) is 5.69 Å². The normalized spacial score (nSPS) is 16.7. The molecule has 3 aromatic carbocycles. The van der Waals surface area contributed by atoms with E-state index < -0.39 is 0 Å². The first kappa shape index (κ1) is 25.8. The number of benzene rings is 3. The lowest BCUT2D eigenvalue weighted by Crippen LogP contribution is -2.29. The molecule has 1 aliphatic rings. The van der Waals surface area contributed by atoms with E-state index in [0.29, 0.717) is 5.11 Å². The van der Waals surface area contributed by atoms with Gasteiger partial charge in [0.25, 0.3) is 0 Å². The lowest BCUT2D eigenvalue weighted by Gasteiger charge is -2.28. The summed E-state index contributed by atoms with van der Waals surface area (Å²) in [6, 6.07) is 33.0. The number of pyridine rings is 1. The van der Waals surface area contributed by atoms with Crippen molar-refractivity contribution in [1.29, 1.82) is 0 Å². The van der Waals surface area contributed by atoms with Gasteiger partial charge >= 0.3 is 0 Å². The van der Waals surface area contributed by atoms with E-state index in [-0.39, 0.29) is 12.1 Å². The standard InChI is InChI=1S/C34H32N4OS/c1-22-8-12-26(13-9-22)37-24(3)21-30(25(37)4)33-32(31-7-5-6-20-35-31)36-34(40)38(33)27-14-18-29(19-15-27)39-28-16-10-23(2)11-17-28/h5-21,32-33H,1-4H3,(H,36,40)/t32-,33+/m1/s1. The van der Waals surface area contributed by atoms with Gasteiger partial charge in [0, 0.05) is 29.0 Å². The SMILES string of the molecule is Cc1ccc(Oc2ccc(N3C(=S)N[C@H](c4ccccn4)[C@@H]3c3cc(C)n(-c4ccc(C)cc4)c3C)cc2)cc1. The molecule has 6 heteroatoms. The molecule has 0 amide bonds. The molecule has 0 spiro atoms. The van der Waals surface area contributed by atoms with Gasteiger partial charge in [0.2, 0.25) is 0 Å². The van der Waals surface area contributed by atoms with Gasteiger partial charge < -0.3 is 19.5 Å². The Kier molecular flexibility index (Phi) is 6.86. The number of aromatic nitrogens is 2. The summed E-state index contributed by atoms with van der Waals surface area (Å²) in [5.41, 5.74) is 9.12. The molecule has 3 heterocycles. The Morgan fingerprint density at radius 1 is 0.750 bits per heavy atom. The highest BCUT2D eigenvalue weighted by atomic mass is 32.1. The first-order valence-corrected chi connectivity index (χ1v) is 13.9. The van der Waals surface area contributed by atoms with Gasteiger partial charge in [-0.05, 0) is 112 Å². The van der Waals surface area contributed by atoms with Crippen LogP contribution in [0.5, 0.6) is 11.5 Å². The minimum atomic E-state index is -0.107. The Balaban J connectivity index is 1.40. The highest BCUT2D eigenvalue weighted by Gasteiger charge is 2.42. The molecule has 2 aromatic heterocycles. The summed E-state index contributed by atoms with van der Waals surface area (Å²) in [6.07, 6.45) is 1.84. The van der Waals surface area contributed by atoms with Gasteiger partial charge in [0.1, 0.15) is 11.5 Å². The summed E-state index contributed by atoms with van der Waals surface area (Å²) in [7, 11) is 0. The monoisotopic (exact) mass is 544 g/mol. The number of hydrogen-bond donors (Lipinski definition) is 1. The predicted molar refractivity (Wildman–Crippen MR) is 166 cm³/mol. The average molecular weight is 545 g/mol. The number of aryl methyl sites for hydroxylation is 3. The van der Waals surface area contributed by atoms with Crippen molar-refractivity contribution < 1.29 is 4.74 Å². The Labute approximate surface area is 241 Å². The molecule has 0 radical (unpaired) electrons. The van der Waals surface area contributed by atoms with Crippen LogP contribution >= 0.6 is 12.2 Å². The van der Waals surface area contributed by atoms with Crippen molar-refractivity contribution in [3.8, 4) is 17.2 Å². The van der Waals surface area contributed by atoms with E-state index in [1.807, 2.05) is 54.7 Å². The third kappa shape index (κ3) is 4.87. The lowest BCUT2D eigenvalue weighted by molar-refractivity contribution is 0.482. The van der Waals surface area contributed by atoms with E-state index in [4.69, 9.17) is 21.9 Å². The van der Waals surface area contributed by atoms with Crippen molar-refractivity contribution >= 4 is 23.0 Å². The zero-order valence-electron chi connectivity index (χ0n) is 23.1. The number of rotatable bonds is 6. The smallest absolute Gasteiger partial charge is 0.174 e. The molecule has 0 aliphatic carbocycles. The second kappa shape index (κ2) is 10.6. The highest BCUT2D eigenvalue weighted by molar-refractivity contribution is 7.80. The zero-order chi connectivity index (χ0) is 27.8. The fourth-order valence-corrected chi connectivity index (χ4v) is 5.89. The Morgan fingerprint density at radius 2 is 1.35 bits per heavy atom. The third-order valence-electron chi connectivity index (χ3n) is 7.55. The molecule has 6 rings (SSSR count). The van der Waals surface area contributed by atoms with Crippen LogP contribution < -0.4 is 15.0 Å². The minimum absolute atomic E-state index is 0.0864. The molecule has 0 bridgehead atoms. The molecule has 1 N–H and O–H groups in total. The summed E-state index contributed by atoms with van der Waals surface area (Å²) in [4.78, 5) is 6.93. The maximum Gasteiger partial charge on any atom is 0.174 e. The van der Waals surface area contributed by atoms with Crippen molar-refractivity contribution in [3.05, 3.63) is 137 Å². The van der Waals surface area contributed by atoms with Gasteiger partial charge in [-0.1, -0.05) is 41.5 Å². The third-order valence-corrected chi connectivity index (χ3v) is 7.87. The van der Waals surface area contributed by atoms with Crippen LogP contribution in [0.1, 0.15) is 45.9 Å². The van der Waals surface area contributed by atoms with Crippen LogP contribution in [0.2, 0.25) is 0 Å². The topological polar surface area (TPSA) is 42.3 Å². The summed E-state index contributed by atoms with van der Waals surface area (Å²) >= 11 is 5.97. The summed E-state index contributed by atoms with van der Waals surface area (Å²) < 4.78 is 8.42. The van der Waals surface area contributed by atoms with Gasteiger partial charge in [-0.25, -0.2) is 0 Å². The summed E-state index contributed by atoms with van der Waals surface area (Å²) in [6.45, 7) is 8.53. The van der Waals surface area contributed by atoms with E-state index in [9.17, 15) is 0 Å². The molecule has 40 heavy (non-hydrogen) atoms. The first-order chi connectivity index (χ1) is 19.4. The quantitative estimate of drug-likeness (QED) is 0.219. The van der Waals surface area contributed by atoms with Crippen LogP contribution in [-0.2, 0) is 0 Å². The van der Waals surface area contributed by atoms with Crippen molar-refractivity contribution in [2.45, 2.75) is 39.8 Å². The molecule has 5 nitrogen and oxygen atoms in total. The number of anilines is 1. The van der Waals surface area contributed by atoms with Crippen molar-refractivity contribution in [2.24, 2.45) is 0 Å². The molecule has 2 atom stereocenters. The van der Waals surface area contributed by atoms with Crippen molar-refractivity contribution in [3.63, 3.8) is 0 Å². The van der Waals surface area contributed by atoms with Gasteiger partial charge in [-0.2, -0.15) is 0 Å². The maximum absolute atomic E-state index is 6.09. The second-order valence-electron chi connectivity index (χ2n) is 10.4.